The molecule has 0 saturated heterocycles. The largest absolute Gasteiger partial charge is 0.496 e. The van der Waals surface area contributed by atoms with Crippen molar-refractivity contribution in [3.8, 4) is 11.8 Å². The average Bonchev–Trinajstić information content (AvgIpc) is 2.62. The molecule has 0 atom stereocenters. The van der Waals surface area contributed by atoms with Crippen molar-refractivity contribution in [2.45, 2.75) is 0 Å². The van der Waals surface area contributed by atoms with Crippen LogP contribution in [0.4, 0.5) is 17.1 Å². The van der Waals surface area contributed by atoms with Crippen molar-refractivity contribution in [1.29, 1.82) is 5.26 Å². The number of fused-ring (bicyclic) bond motifs is 1. The van der Waals surface area contributed by atoms with E-state index in [9.17, 15) is 15.4 Å². The molecule has 0 saturated carbocycles. The summed E-state index contributed by atoms with van der Waals surface area (Å²) in [4.78, 5) is 10.8. The van der Waals surface area contributed by atoms with Crippen LogP contribution in [0.25, 0.3) is 10.8 Å². The maximum Gasteiger partial charge on any atom is 0.296 e. The minimum Gasteiger partial charge on any atom is -0.496 e. The molecule has 0 fully saturated rings. The second-order valence-corrected chi connectivity index (χ2v) is 5.08. The Bertz CT molecular complexity index is 977. The molecule has 0 aliphatic heterocycles. The fourth-order valence-corrected chi connectivity index (χ4v) is 2.55. The Kier molecular flexibility index (Phi) is 4.00. The highest BCUT2D eigenvalue weighted by Gasteiger charge is 2.16. The number of methoxy groups -OCH3 is 1. The molecule has 3 rings (SSSR count). The van der Waals surface area contributed by atoms with Crippen molar-refractivity contribution in [3.63, 3.8) is 0 Å². The van der Waals surface area contributed by atoms with E-state index < -0.39 is 4.92 Å². The summed E-state index contributed by atoms with van der Waals surface area (Å²) in [5, 5.41) is 25.2. The minimum atomic E-state index is -0.462. The molecule has 3 aromatic carbocycles. The third-order valence-corrected chi connectivity index (χ3v) is 3.72. The van der Waals surface area contributed by atoms with E-state index in [0.717, 1.165) is 10.8 Å². The first-order valence-electron chi connectivity index (χ1n) is 7.15. The standard InChI is InChI=1S/C18H13N3O3/c1-24-13-7-9-17(18(10-13)21(22)23)20-16-8-6-12(11-19)14-4-2-3-5-15(14)16/h2-10,20H,1H3. The van der Waals surface area contributed by atoms with E-state index in [0.29, 0.717) is 22.7 Å². The summed E-state index contributed by atoms with van der Waals surface area (Å²) in [6, 6.07) is 17.6. The molecule has 0 aliphatic rings. The molecule has 0 aromatic heterocycles. The van der Waals surface area contributed by atoms with Crippen LogP contribution in [-0.2, 0) is 0 Å². The zero-order valence-corrected chi connectivity index (χ0v) is 12.8. The maximum atomic E-state index is 11.3. The van der Waals surface area contributed by atoms with Crippen LogP contribution in [0, 0.1) is 21.4 Å². The van der Waals surface area contributed by atoms with Crippen LogP contribution in [0.1, 0.15) is 5.56 Å². The van der Waals surface area contributed by atoms with Crippen molar-refractivity contribution >= 4 is 27.8 Å². The van der Waals surface area contributed by atoms with E-state index in [1.165, 1.54) is 13.2 Å². The van der Waals surface area contributed by atoms with E-state index in [-0.39, 0.29) is 5.69 Å². The number of nitro benzene ring substituents is 1. The number of nitrogens with zero attached hydrogens (tertiary/aromatic N) is 2. The summed E-state index contributed by atoms with van der Waals surface area (Å²) in [5.74, 6) is 0.414. The highest BCUT2D eigenvalue weighted by atomic mass is 16.6. The lowest BCUT2D eigenvalue weighted by Crippen LogP contribution is -1.98. The Labute approximate surface area is 138 Å². The molecule has 1 N–H and O–H groups in total. The summed E-state index contributed by atoms with van der Waals surface area (Å²) in [6.45, 7) is 0. The molecule has 0 spiro atoms. The Morgan fingerprint density at radius 2 is 1.79 bits per heavy atom. The Morgan fingerprint density at radius 3 is 2.46 bits per heavy atom. The second kappa shape index (κ2) is 6.26. The van der Waals surface area contributed by atoms with Crippen LogP contribution in [0.3, 0.4) is 0 Å². The number of benzene rings is 3. The quantitative estimate of drug-likeness (QED) is 0.569. The molecular formula is C18H13N3O3. The van der Waals surface area contributed by atoms with Gasteiger partial charge >= 0.3 is 0 Å². The number of ether oxygens (including phenoxy) is 1. The number of anilines is 2. The van der Waals surface area contributed by atoms with E-state index in [2.05, 4.69) is 11.4 Å². The van der Waals surface area contributed by atoms with Crippen LogP contribution >= 0.6 is 0 Å². The maximum absolute atomic E-state index is 11.3. The monoisotopic (exact) mass is 319 g/mol. The first-order valence-corrected chi connectivity index (χ1v) is 7.15. The van der Waals surface area contributed by atoms with Gasteiger partial charge in [-0.05, 0) is 24.3 Å². The fourth-order valence-electron chi connectivity index (χ4n) is 2.55. The summed E-state index contributed by atoms with van der Waals surface area (Å²) in [7, 11) is 1.46. The number of rotatable bonds is 4. The lowest BCUT2D eigenvalue weighted by molar-refractivity contribution is -0.384. The van der Waals surface area contributed by atoms with E-state index >= 15 is 0 Å². The average molecular weight is 319 g/mol. The summed E-state index contributed by atoms with van der Waals surface area (Å²) < 4.78 is 5.04. The lowest BCUT2D eigenvalue weighted by Gasteiger charge is -2.12. The number of nitro groups is 1. The molecule has 0 heterocycles. The SMILES string of the molecule is COc1ccc(Nc2ccc(C#N)c3ccccc23)c([N+](=O)[O-])c1. The fraction of sp³-hybridized carbons (Fsp3) is 0.0556. The topological polar surface area (TPSA) is 88.2 Å². The Morgan fingerprint density at radius 1 is 1.08 bits per heavy atom. The van der Waals surface area contributed by atoms with Gasteiger partial charge in [0.05, 0.1) is 29.7 Å². The molecule has 24 heavy (non-hydrogen) atoms. The van der Waals surface area contributed by atoms with Gasteiger partial charge in [-0.2, -0.15) is 5.26 Å². The van der Waals surface area contributed by atoms with E-state index in [1.54, 1.807) is 24.3 Å². The second-order valence-electron chi connectivity index (χ2n) is 5.08. The Balaban J connectivity index is 2.12. The van der Waals surface area contributed by atoms with Gasteiger partial charge in [0.15, 0.2) is 0 Å². The van der Waals surface area contributed by atoms with Gasteiger partial charge in [-0.1, -0.05) is 24.3 Å². The van der Waals surface area contributed by atoms with Gasteiger partial charge < -0.3 is 10.1 Å². The highest BCUT2D eigenvalue weighted by molar-refractivity contribution is 5.99. The van der Waals surface area contributed by atoms with Gasteiger partial charge in [-0.25, -0.2) is 0 Å². The smallest absolute Gasteiger partial charge is 0.296 e. The van der Waals surface area contributed by atoms with Crippen molar-refractivity contribution in [3.05, 3.63) is 70.3 Å². The predicted octanol–water partition coefficient (Wildman–Crippen LogP) is 4.37. The number of hydrogen-bond donors (Lipinski definition) is 1. The summed E-state index contributed by atoms with van der Waals surface area (Å²) >= 11 is 0. The van der Waals surface area contributed by atoms with Gasteiger partial charge in [0.2, 0.25) is 0 Å². The highest BCUT2D eigenvalue weighted by Crippen LogP contribution is 2.34. The molecule has 118 valence electrons. The first-order chi connectivity index (χ1) is 11.6. The molecule has 6 nitrogen and oxygen atoms in total. The number of nitriles is 1. The van der Waals surface area contributed by atoms with Crippen LogP contribution in [0.15, 0.2) is 54.6 Å². The molecule has 6 heteroatoms. The Hall–Kier alpha value is -3.59. The van der Waals surface area contributed by atoms with Crippen LogP contribution < -0.4 is 10.1 Å². The molecule has 0 bridgehead atoms. The van der Waals surface area contributed by atoms with Gasteiger partial charge in [-0.15, -0.1) is 0 Å². The van der Waals surface area contributed by atoms with Crippen molar-refractivity contribution in [1.82, 2.24) is 0 Å². The lowest BCUT2D eigenvalue weighted by atomic mass is 10.0. The number of hydrogen-bond acceptors (Lipinski definition) is 5. The van der Waals surface area contributed by atoms with Gasteiger partial charge in [-0.3, -0.25) is 10.1 Å². The van der Waals surface area contributed by atoms with Crippen molar-refractivity contribution in [2.75, 3.05) is 12.4 Å². The summed E-state index contributed by atoms with van der Waals surface area (Å²) in [5.41, 5.74) is 1.52. The van der Waals surface area contributed by atoms with E-state index in [4.69, 9.17) is 4.74 Å². The van der Waals surface area contributed by atoms with Crippen molar-refractivity contribution < 1.29 is 9.66 Å². The minimum absolute atomic E-state index is 0.0807. The van der Waals surface area contributed by atoms with Crippen LogP contribution in [-0.4, -0.2) is 12.0 Å². The third kappa shape index (κ3) is 2.71. The van der Waals surface area contributed by atoms with Gasteiger partial charge in [0, 0.05) is 16.5 Å². The molecule has 0 amide bonds. The van der Waals surface area contributed by atoms with Gasteiger partial charge in [0.1, 0.15) is 11.4 Å². The van der Waals surface area contributed by atoms with E-state index in [1.807, 2.05) is 24.3 Å². The van der Waals surface area contributed by atoms with Crippen LogP contribution in [0.2, 0.25) is 0 Å². The molecule has 0 unspecified atom stereocenters. The predicted molar refractivity (Wildman–Crippen MR) is 91.6 cm³/mol. The summed E-state index contributed by atoms with van der Waals surface area (Å²) in [6.07, 6.45) is 0. The number of nitrogens with one attached hydrogen (secondary N) is 1. The molecule has 0 aliphatic carbocycles. The first kappa shape index (κ1) is 15.3. The zero-order valence-electron chi connectivity index (χ0n) is 12.8. The zero-order chi connectivity index (χ0) is 17.1. The molecule has 0 radical (unpaired) electrons. The third-order valence-electron chi connectivity index (χ3n) is 3.72. The van der Waals surface area contributed by atoms with Crippen molar-refractivity contribution in [2.24, 2.45) is 0 Å². The molecule has 3 aromatic rings. The van der Waals surface area contributed by atoms with Crippen LogP contribution in [0.5, 0.6) is 5.75 Å². The van der Waals surface area contributed by atoms with Gasteiger partial charge in [0.25, 0.3) is 5.69 Å². The molecular weight excluding hydrogens is 306 g/mol. The normalized spacial score (nSPS) is 10.2.